The molecule has 1 heterocycles. The van der Waals surface area contributed by atoms with Crippen LogP contribution in [-0.2, 0) is 0 Å². The van der Waals surface area contributed by atoms with Gasteiger partial charge in [-0.25, -0.2) is 4.39 Å². The molecule has 1 aromatic carbocycles. The van der Waals surface area contributed by atoms with Gasteiger partial charge in [0.2, 0.25) is 0 Å². The summed E-state index contributed by atoms with van der Waals surface area (Å²) < 4.78 is 13.7. The molecule has 1 unspecified atom stereocenters. The van der Waals surface area contributed by atoms with Gasteiger partial charge in [0.1, 0.15) is 5.82 Å². The highest BCUT2D eigenvalue weighted by Gasteiger charge is 2.31. The van der Waals surface area contributed by atoms with Gasteiger partial charge in [-0.3, -0.25) is 4.90 Å². The van der Waals surface area contributed by atoms with E-state index in [-0.39, 0.29) is 11.9 Å². The van der Waals surface area contributed by atoms with E-state index in [1.54, 1.807) is 13.0 Å². The lowest BCUT2D eigenvalue weighted by atomic mass is 9.99. The van der Waals surface area contributed by atoms with E-state index in [1.165, 1.54) is 19.4 Å². The van der Waals surface area contributed by atoms with E-state index in [9.17, 15) is 4.39 Å². The van der Waals surface area contributed by atoms with Gasteiger partial charge in [0.25, 0.3) is 0 Å². The van der Waals surface area contributed by atoms with Crippen LogP contribution in [-0.4, -0.2) is 30.6 Å². The standard InChI is InChI=1S/C17H27FN2/c1-13-6-7-14(12-15(13)18)16(19-4)8-11-20-10-5-9-17(20,2)3/h6-7,12,16,19H,5,8-11H2,1-4H3. The van der Waals surface area contributed by atoms with Crippen LogP contribution in [0.25, 0.3) is 0 Å². The molecule has 2 nitrogen and oxygen atoms in total. The number of nitrogens with zero attached hydrogens (tertiary/aromatic N) is 1. The number of likely N-dealkylation sites (tertiary alicyclic amines) is 1. The Morgan fingerprint density at radius 1 is 1.40 bits per heavy atom. The van der Waals surface area contributed by atoms with Crippen molar-refractivity contribution in [1.82, 2.24) is 10.2 Å². The zero-order chi connectivity index (χ0) is 14.8. The Balaban J connectivity index is 2.00. The quantitative estimate of drug-likeness (QED) is 0.884. The number of benzene rings is 1. The average molecular weight is 278 g/mol. The molecule has 20 heavy (non-hydrogen) atoms. The molecule has 1 aliphatic rings. The molecule has 1 atom stereocenters. The van der Waals surface area contributed by atoms with Gasteiger partial charge in [0.05, 0.1) is 0 Å². The lowest BCUT2D eigenvalue weighted by molar-refractivity contribution is 0.167. The zero-order valence-electron chi connectivity index (χ0n) is 13.2. The van der Waals surface area contributed by atoms with E-state index in [2.05, 4.69) is 24.1 Å². The number of rotatable bonds is 5. The molecule has 1 aromatic rings. The number of hydrogen-bond donors (Lipinski definition) is 1. The molecule has 0 radical (unpaired) electrons. The SMILES string of the molecule is CNC(CCN1CCCC1(C)C)c1ccc(C)c(F)c1. The Morgan fingerprint density at radius 3 is 2.70 bits per heavy atom. The second kappa shape index (κ2) is 6.23. The van der Waals surface area contributed by atoms with Crippen molar-refractivity contribution in [2.24, 2.45) is 0 Å². The van der Waals surface area contributed by atoms with Gasteiger partial charge in [0, 0.05) is 18.1 Å². The molecule has 1 aliphatic heterocycles. The fraction of sp³-hybridized carbons (Fsp3) is 0.647. The highest BCUT2D eigenvalue weighted by Crippen LogP contribution is 2.29. The van der Waals surface area contributed by atoms with Crippen LogP contribution in [0.2, 0.25) is 0 Å². The molecule has 1 saturated heterocycles. The molecule has 1 fully saturated rings. The minimum atomic E-state index is -0.107. The fourth-order valence-electron chi connectivity index (χ4n) is 3.17. The van der Waals surface area contributed by atoms with Gasteiger partial charge in [-0.1, -0.05) is 12.1 Å². The summed E-state index contributed by atoms with van der Waals surface area (Å²) >= 11 is 0. The maximum atomic E-state index is 13.7. The van der Waals surface area contributed by atoms with Gasteiger partial charge < -0.3 is 5.32 Å². The largest absolute Gasteiger partial charge is 0.313 e. The summed E-state index contributed by atoms with van der Waals surface area (Å²) in [6, 6.07) is 5.80. The van der Waals surface area contributed by atoms with E-state index in [1.807, 2.05) is 19.2 Å². The minimum absolute atomic E-state index is 0.107. The average Bonchev–Trinajstić information content (AvgIpc) is 2.73. The van der Waals surface area contributed by atoms with Crippen LogP contribution in [0.1, 0.15) is 50.3 Å². The molecular weight excluding hydrogens is 251 g/mol. The third-order valence-corrected chi connectivity index (χ3v) is 4.71. The maximum absolute atomic E-state index is 13.7. The summed E-state index contributed by atoms with van der Waals surface area (Å²) in [5.74, 6) is -0.107. The highest BCUT2D eigenvalue weighted by atomic mass is 19.1. The Kier molecular flexibility index (Phi) is 4.82. The van der Waals surface area contributed by atoms with E-state index < -0.39 is 0 Å². The van der Waals surface area contributed by atoms with Crippen molar-refractivity contribution in [2.75, 3.05) is 20.1 Å². The van der Waals surface area contributed by atoms with Crippen LogP contribution in [0.15, 0.2) is 18.2 Å². The summed E-state index contributed by atoms with van der Waals surface area (Å²) in [6.07, 6.45) is 3.58. The van der Waals surface area contributed by atoms with Gasteiger partial charge in [-0.2, -0.15) is 0 Å². The molecule has 112 valence electrons. The zero-order valence-corrected chi connectivity index (χ0v) is 13.2. The molecule has 3 heteroatoms. The first-order chi connectivity index (χ1) is 9.44. The van der Waals surface area contributed by atoms with Crippen molar-refractivity contribution in [3.8, 4) is 0 Å². The second-order valence-electron chi connectivity index (χ2n) is 6.54. The first kappa shape index (κ1) is 15.5. The van der Waals surface area contributed by atoms with Crippen LogP contribution >= 0.6 is 0 Å². The molecule has 0 saturated carbocycles. The molecule has 0 bridgehead atoms. The molecule has 0 aliphatic carbocycles. The first-order valence-electron chi connectivity index (χ1n) is 7.62. The van der Waals surface area contributed by atoms with Crippen molar-refractivity contribution in [3.63, 3.8) is 0 Å². The van der Waals surface area contributed by atoms with E-state index in [4.69, 9.17) is 0 Å². The molecular formula is C17H27FN2. The number of aryl methyl sites for hydroxylation is 1. The third-order valence-electron chi connectivity index (χ3n) is 4.71. The van der Waals surface area contributed by atoms with Gasteiger partial charge in [-0.05, 0) is 70.8 Å². The molecule has 0 amide bonds. The van der Waals surface area contributed by atoms with Crippen LogP contribution in [0.5, 0.6) is 0 Å². The Morgan fingerprint density at radius 2 is 2.15 bits per heavy atom. The predicted octanol–water partition coefficient (Wildman–Crippen LogP) is 3.66. The van der Waals surface area contributed by atoms with Gasteiger partial charge in [-0.15, -0.1) is 0 Å². The van der Waals surface area contributed by atoms with E-state index in [0.29, 0.717) is 11.1 Å². The van der Waals surface area contributed by atoms with Crippen molar-refractivity contribution in [1.29, 1.82) is 0 Å². The highest BCUT2D eigenvalue weighted by molar-refractivity contribution is 5.25. The molecule has 0 spiro atoms. The molecule has 0 aromatic heterocycles. The van der Waals surface area contributed by atoms with Gasteiger partial charge in [0.15, 0.2) is 0 Å². The van der Waals surface area contributed by atoms with Crippen molar-refractivity contribution in [2.45, 2.75) is 51.6 Å². The van der Waals surface area contributed by atoms with Crippen molar-refractivity contribution in [3.05, 3.63) is 35.1 Å². The van der Waals surface area contributed by atoms with Crippen LogP contribution in [0.3, 0.4) is 0 Å². The number of halogens is 1. The number of hydrogen-bond acceptors (Lipinski definition) is 2. The molecule has 1 N–H and O–H groups in total. The number of nitrogens with one attached hydrogen (secondary N) is 1. The molecule has 2 rings (SSSR count). The lowest BCUT2D eigenvalue weighted by Crippen LogP contribution is -2.39. The minimum Gasteiger partial charge on any atom is -0.313 e. The monoisotopic (exact) mass is 278 g/mol. The summed E-state index contributed by atoms with van der Waals surface area (Å²) in [6.45, 7) is 8.69. The van der Waals surface area contributed by atoms with Crippen LogP contribution in [0.4, 0.5) is 4.39 Å². The Bertz CT molecular complexity index is 456. The van der Waals surface area contributed by atoms with Crippen LogP contribution < -0.4 is 5.32 Å². The summed E-state index contributed by atoms with van der Waals surface area (Å²) in [5.41, 5.74) is 2.08. The smallest absolute Gasteiger partial charge is 0.126 e. The summed E-state index contributed by atoms with van der Waals surface area (Å²) in [4.78, 5) is 2.56. The maximum Gasteiger partial charge on any atom is 0.126 e. The van der Waals surface area contributed by atoms with E-state index >= 15 is 0 Å². The summed E-state index contributed by atoms with van der Waals surface area (Å²) in [5, 5.41) is 3.32. The normalized spacial score (nSPS) is 20.2. The van der Waals surface area contributed by atoms with Crippen molar-refractivity contribution < 1.29 is 4.39 Å². The third kappa shape index (κ3) is 3.39. The van der Waals surface area contributed by atoms with E-state index in [0.717, 1.165) is 18.5 Å². The van der Waals surface area contributed by atoms with Gasteiger partial charge >= 0.3 is 0 Å². The first-order valence-corrected chi connectivity index (χ1v) is 7.62. The lowest BCUT2D eigenvalue weighted by Gasteiger charge is -2.32. The second-order valence-corrected chi connectivity index (χ2v) is 6.54. The Hall–Kier alpha value is -0.930. The fourth-order valence-corrected chi connectivity index (χ4v) is 3.17. The summed E-state index contributed by atoms with van der Waals surface area (Å²) in [7, 11) is 1.96. The van der Waals surface area contributed by atoms with Crippen molar-refractivity contribution >= 4 is 0 Å². The van der Waals surface area contributed by atoms with Crippen LogP contribution in [0, 0.1) is 12.7 Å². The Labute approximate surface area is 122 Å². The topological polar surface area (TPSA) is 15.3 Å². The predicted molar refractivity (Wildman–Crippen MR) is 82.4 cm³/mol.